The second-order valence-electron chi connectivity index (χ2n) is 11.2. The van der Waals surface area contributed by atoms with Crippen LogP contribution < -0.4 is 0 Å². The molecule has 9 aromatic rings. The Balaban J connectivity index is 1.39. The van der Waals surface area contributed by atoms with E-state index < -0.39 is 0 Å². The van der Waals surface area contributed by atoms with Gasteiger partial charge in [-0.05, 0) is 89.1 Å². The van der Waals surface area contributed by atoms with Crippen LogP contribution in [0.15, 0.2) is 138 Å². The van der Waals surface area contributed by atoms with Crippen molar-refractivity contribution in [3.63, 3.8) is 0 Å². The molecule has 0 spiro atoms. The monoisotopic (exact) mass is 614 g/mol. The van der Waals surface area contributed by atoms with Crippen LogP contribution >= 0.6 is 22.7 Å². The molecule has 0 aliphatic heterocycles. The van der Waals surface area contributed by atoms with Crippen molar-refractivity contribution < 1.29 is 0 Å². The van der Waals surface area contributed by atoms with Gasteiger partial charge >= 0.3 is 0 Å². The zero-order valence-corrected chi connectivity index (χ0v) is 26.0. The summed E-state index contributed by atoms with van der Waals surface area (Å²) in [6.07, 6.45) is 1.85. The predicted octanol–water partition coefficient (Wildman–Crippen LogP) is 10.9. The number of aromatic nitrogens is 4. The second kappa shape index (κ2) is 10.4. The number of thiophene rings is 2. The molecule has 0 fully saturated rings. The van der Waals surface area contributed by atoms with Crippen LogP contribution in [0.5, 0.6) is 0 Å². The third kappa shape index (κ3) is 4.25. The highest BCUT2D eigenvalue weighted by Gasteiger charge is 2.21. The fourth-order valence-corrected chi connectivity index (χ4v) is 7.97. The van der Waals surface area contributed by atoms with Gasteiger partial charge in [-0.2, -0.15) is 0 Å². The van der Waals surface area contributed by atoms with Crippen molar-refractivity contribution >= 4 is 55.5 Å². The number of nitrogens with zero attached hydrogens (tertiary/aromatic N) is 4. The number of rotatable bonds is 5. The lowest BCUT2D eigenvalue weighted by atomic mass is 10.0. The zero-order valence-electron chi connectivity index (χ0n) is 24.4. The van der Waals surface area contributed by atoms with E-state index in [0.29, 0.717) is 0 Å². The minimum atomic E-state index is 0.958. The summed E-state index contributed by atoms with van der Waals surface area (Å²) >= 11 is 3.54. The van der Waals surface area contributed by atoms with Crippen molar-refractivity contribution in [2.24, 2.45) is 7.05 Å². The summed E-state index contributed by atoms with van der Waals surface area (Å²) in [6, 6.07) is 43.4. The van der Waals surface area contributed by atoms with Crippen molar-refractivity contribution in [3.05, 3.63) is 138 Å². The first-order valence-electron chi connectivity index (χ1n) is 14.9. The highest BCUT2D eigenvalue weighted by atomic mass is 32.1. The first kappa shape index (κ1) is 26.1. The molecular weight excluding hydrogens is 589 g/mol. The van der Waals surface area contributed by atoms with Gasteiger partial charge in [-0.3, -0.25) is 4.98 Å². The molecule has 0 saturated heterocycles. The first-order chi connectivity index (χ1) is 22.2. The van der Waals surface area contributed by atoms with Gasteiger partial charge in [0.1, 0.15) is 5.82 Å². The maximum atomic E-state index is 5.17. The highest BCUT2D eigenvalue weighted by molar-refractivity contribution is 7.13. The van der Waals surface area contributed by atoms with Gasteiger partial charge < -0.3 is 9.13 Å². The number of benzene rings is 4. The molecule has 0 atom stereocenters. The quantitative estimate of drug-likeness (QED) is 0.193. The predicted molar refractivity (Wildman–Crippen MR) is 190 cm³/mol. The van der Waals surface area contributed by atoms with E-state index in [2.05, 4.69) is 141 Å². The standard InChI is InChI=1S/C39H26N4S2/c1-42-35-13-3-2-12-33(35)41-39(42)31-24-36-29(23-30(31)38-15-8-20-45-38)28-22-26(37-14-7-19-44-37)16-17-34(28)43(36)27-10-6-9-25(21-27)32-11-4-5-18-40-32/h2-24H,1H3. The number of imidazole rings is 1. The first-order valence-corrected chi connectivity index (χ1v) is 16.6. The van der Waals surface area contributed by atoms with Crippen molar-refractivity contribution in [1.82, 2.24) is 19.1 Å². The number of para-hydroxylation sites is 2. The molecule has 0 unspecified atom stereocenters. The van der Waals surface area contributed by atoms with Crippen molar-refractivity contribution in [3.8, 4) is 49.2 Å². The van der Waals surface area contributed by atoms with Crippen LogP contribution in [0.25, 0.3) is 82.1 Å². The van der Waals surface area contributed by atoms with Crippen LogP contribution in [0.4, 0.5) is 0 Å². The summed E-state index contributed by atoms with van der Waals surface area (Å²) in [7, 11) is 2.12. The van der Waals surface area contributed by atoms with Crippen LogP contribution in [-0.4, -0.2) is 19.1 Å². The summed E-state index contributed by atoms with van der Waals surface area (Å²) in [6.45, 7) is 0. The Bertz CT molecular complexity index is 2480. The molecule has 0 bridgehead atoms. The fraction of sp³-hybridized carbons (Fsp3) is 0.0256. The van der Waals surface area contributed by atoms with Crippen LogP contribution in [-0.2, 0) is 7.05 Å². The third-order valence-corrected chi connectivity index (χ3v) is 10.4. The Kier molecular flexibility index (Phi) is 6.04. The molecule has 0 radical (unpaired) electrons. The van der Waals surface area contributed by atoms with Crippen molar-refractivity contribution in [2.45, 2.75) is 0 Å². The third-order valence-electron chi connectivity index (χ3n) is 8.59. The van der Waals surface area contributed by atoms with Gasteiger partial charge in [-0.1, -0.05) is 48.5 Å². The fourth-order valence-electron chi connectivity index (χ4n) is 6.48. The Morgan fingerprint density at radius 1 is 0.578 bits per heavy atom. The normalized spacial score (nSPS) is 11.7. The van der Waals surface area contributed by atoms with Crippen LogP contribution in [0.1, 0.15) is 0 Å². The smallest absolute Gasteiger partial charge is 0.141 e. The maximum absolute atomic E-state index is 5.17. The molecule has 45 heavy (non-hydrogen) atoms. The number of hydrogen-bond donors (Lipinski definition) is 0. The molecular formula is C39H26N4S2. The van der Waals surface area contributed by atoms with Gasteiger partial charge in [0.2, 0.25) is 0 Å². The van der Waals surface area contributed by atoms with Gasteiger partial charge in [0.05, 0.1) is 27.8 Å². The largest absolute Gasteiger partial charge is 0.327 e. The molecule has 214 valence electrons. The summed E-state index contributed by atoms with van der Waals surface area (Å²) in [5.41, 5.74) is 11.1. The average Bonchev–Trinajstić information content (AvgIpc) is 3.91. The minimum absolute atomic E-state index is 0.958. The molecule has 0 aliphatic carbocycles. The average molecular weight is 615 g/mol. The second-order valence-corrected chi connectivity index (χ2v) is 13.1. The topological polar surface area (TPSA) is 35.6 Å². The maximum Gasteiger partial charge on any atom is 0.141 e. The molecule has 0 N–H and O–H groups in total. The Morgan fingerprint density at radius 2 is 1.40 bits per heavy atom. The van der Waals surface area contributed by atoms with Gasteiger partial charge in [-0.25, -0.2) is 4.98 Å². The zero-order chi connectivity index (χ0) is 29.9. The Labute approximate surface area is 268 Å². The lowest BCUT2D eigenvalue weighted by molar-refractivity contribution is 0.960. The summed E-state index contributed by atoms with van der Waals surface area (Å²) in [4.78, 5) is 12.3. The van der Waals surface area contributed by atoms with Crippen molar-refractivity contribution in [1.29, 1.82) is 0 Å². The lowest BCUT2D eigenvalue weighted by Crippen LogP contribution is -1.97. The lowest BCUT2D eigenvalue weighted by Gasteiger charge is -2.13. The number of pyridine rings is 1. The summed E-state index contributed by atoms with van der Waals surface area (Å²) in [5, 5.41) is 6.75. The highest BCUT2D eigenvalue weighted by Crippen LogP contribution is 2.43. The van der Waals surface area contributed by atoms with Crippen LogP contribution in [0, 0.1) is 0 Å². The van der Waals surface area contributed by atoms with Crippen LogP contribution in [0.3, 0.4) is 0 Å². The van der Waals surface area contributed by atoms with Gasteiger partial charge in [0.15, 0.2) is 0 Å². The van der Waals surface area contributed by atoms with E-state index in [1.807, 2.05) is 18.3 Å². The van der Waals surface area contributed by atoms with Crippen molar-refractivity contribution in [2.75, 3.05) is 0 Å². The van der Waals surface area contributed by atoms with Crippen LogP contribution in [0.2, 0.25) is 0 Å². The number of aryl methyl sites for hydroxylation is 1. The molecule has 5 heterocycles. The van der Waals surface area contributed by atoms with Gasteiger partial charge in [-0.15, -0.1) is 22.7 Å². The van der Waals surface area contributed by atoms with E-state index in [-0.39, 0.29) is 0 Å². The molecule has 4 nitrogen and oxygen atoms in total. The SMILES string of the molecule is Cn1c(-c2cc3c(cc2-c2cccs2)c2cc(-c4cccs4)ccc2n3-c2cccc(-c3ccccn3)c2)nc2ccccc21. The van der Waals surface area contributed by atoms with E-state index in [1.54, 1.807) is 22.7 Å². The molecule has 4 aromatic carbocycles. The molecule has 9 rings (SSSR count). The number of fused-ring (bicyclic) bond motifs is 4. The van der Waals surface area contributed by atoms with Gasteiger partial charge in [0, 0.05) is 56.1 Å². The molecule has 0 aliphatic rings. The molecule has 5 aromatic heterocycles. The molecule has 0 saturated carbocycles. The van der Waals surface area contributed by atoms with E-state index >= 15 is 0 Å². The Hall–Kier alpha value is -5.30. The summed E-state index contributed by atoms with van der Waals surface area (Å²) in [5.74, 6) is 0.958. The van der Waals surface area contributed by atoms with E-state index in [4.69, 9.17) is 4.98 Å². The molecule has 6 heteroatoms. The Morgan fingerprint density at radius 3 is 2.20 bits per heavy atom. The minimum Gasteiger partial charge on any atom is -0.327 e. The van der Waals surface area contributed by atoms with E-state index in [9.17, 15) is 0 Å². The van der Waals surface area contributed by atoms with Gasteiger partial charge in [0.25, 0.3) is 0 Å². The van der Waals surface area contributed by atoms with E-state index in [0.717, 1.165) is 44.9 Å². The molecule has 0 amide bonds. The summed E-state index contributed by atoms with van der Waals surface area (Å²) < 4.78 is 4.62. The van der Waals surface area contributed by atoms with E-state index in [1.165, 1.54) is 37.2 Å². The number of hydrogen-bond acceptors (Lipinski definition) is 4.